The van der Waals surface area contributed by atoms with E-state index < -0.39 is 15.3 Å². The molecule has 0 saturated carbocycles. The predicted octanol–water partition coefficient (Wildman–Crippen LogP) is 3.04. The third-order valence-electron chi connectivity index (χ3n) is 2.09. The Bertz CT molecular complexity index is 552. The lowest BCUT2D eigenvalue weighted by molar-refractivity contribution is 0.593. The molecule has 1 rings (SSSR count). The Morgan fingerprint density at radius 2 is 2.12 bits per heavy atom. The van der Waals surface area contributed by atoms with Crippen LogP contribution >= 0.6 is 23.2 Å². The number of nitrogens with zero attached hydrogens (tertiary/aromatic N) is 1. The number of benzene rings is 1. The summed E-state index contributed by atoms with van der Waals surface area (Å²) in [5, 5.41) is 7.99. The summed E-state index contributed by atoms with van der Waals surface area (Å²) in [4.78, 5) is 0. The molecule has 1 N–H and O–H groups in total. The van der Waals surface area contributed by atoms with Crippen LogP contribution in [0.25, 0.3) is 0 Å². The van der Waals surface area contributed by atoms with Crippen LogP contribution in [0, 0.1) is 11.3 Å². The van der Waals surface area contributed by atoms with Crippen molar-refractivity contribution in [1.29, 1.82) is 5.26 Å². The van der Waals surface area contributed by atoms with E-state index in [4.69, 9.17) is 28.5 Å². The maximum atomic E-state index is 11.8. The fraction of sp³-hybridized carbons (Fsp3) is 0.300. The lowest BCUT2D eigenvalue weighted by atomic mass is 10.3. The van der Waals surface area contributed by atoms with Gasteiger partial charge in [0, 0.05) is 0 Å². The summed E-state index contributed by atoms with van der Waals surface area (Å²) in [6, 6.07) is 6.32. The van der Waals surface area contributed by atoms with Crippen LogP contribution in [0.4, 0.5) is 5.69 Å². The van der Waals surface area contributed by atoms with Crippen LogP contribution in [0.3, 0.4) is 0 Å². The zero-order chi connectivity index (χ0) is 13.1. The first-order valence-corrected chi connectivity index (χ1v) is 7.08. The van der Waals surface area contributed by atoms with Crippen LogP contribution in [0.1, 0.15) is 13.3 Å². The van der Waals surface area contributed by atoms with E-state index in [1.54, 1.807) is 25.1 Å². The van der Waals surface area contributed by atoms with Crippen LogP contribution in [0.5, 0.6) is 0 Å². The monoisotopic (exact) mass is 292 g/mol. The number of halogens is 2. The van der Waals surface area contributed by atoms with E-state index in [1.165, 1.54) is 6.07 Å². The molecule has 1 atom stereocenters. The van der Waals surface area contributed by atoms with Crippen molar-refractivity contribution in [1.82, 2.24) is 0 Å². The third kappa shape index (κ3) is 3.25. The summed E-state index contributed by atoms with van der Waals surface area (Å²) < 4.78 is 25.8. The van der Waals surface area contributed by atoms with Crippen LogP contribution in [0.2, 0.25) is 10.0 Å². The highest BCUT2D eigenvalue weighted by atomic mass is 35.5. The van der Waals surface area contributed by atoms with Gasteiger partial charge in [-0.05, 0) is 18.6 Å². The van der Waals surface area contributed by atoms with Gasteiger partial charge in [-0.2, -0.15) is 5.26 Å². The molecule has 1 unspecified atom stereocenters. The smallest absolute Gasteiger partial charge is 0.249 e. The first kappa shape index (κ1) is 14.1. The average Bonchev–Trinajstić information content (AvgIpc) is 2.26. The summed E-state index contributed by atoms with van der Waals surface area (Å²) in [5.41, 5.74) is 0.174. The quantitative estimate of drug-likeness (QED) is 0.927. The topological polar surface area (TPSA) is 70.0 Å². The van der Waals surface area contributed by atoms with E-state index in [1.807, 2.05) is 0 Å². The fourth-order valence-corrected chi connectivity index (χ4v) is 2.79. The van der Waals surface area contributed by atoms with Gasteiger partial charge in [-0.25, -0.2) is 8.42 Å². The number of sulfonamides is 1. The zero-order valence-electron chi connectivity index (χ0n) is 8.94. The summed E-state index contributed by atoms with van der Waals surface area (Å²) >= 11 is 11.6. The Labute approximate surface area is 110 Å². The molecule has 0 fully saturated rings. The van der Waals surface area contributed by atoms with Gasteiger partial charge in [0.05, 0.1) is 21.8 Å². The van der Waals surface area contributed by atoms with Crippen molar-refractivity contribution < 1.29 is 8.42 Å². The molecule has 1 aromatic carbocycles. The zero-order valence-corrected chi connectivity index (χ0v) is 11.3. The van der Waals surface area contributed by atoms with Crippen molar-refractivity contribution in [2.24, 2.45) is 0 Å². The molecule has 0 amide bonds. The summed E-state index contributed by atoms with van der Waals surface area (Å²) in [6.45, 7) is 1.62. The van der Waals surface area contributed by atoms with E-state index in [9.17, 15) is 8.42 Å². The Balaban J connectivity index is 3.07. The summed E-state index contributed by atoms with van der Waals surface area (Å²) in [7, 11) is -3.77. The van der Waals surface area contributed by atoms with Crippen molar-refractivity contribution in [3.63, 3.8) is 0 Å². The number of nitriles is 1. The van der Waals surface area contributed by atoms with Crippen LogP contribution in [-0.4, -0.2) is 13.7 Å². The number of rotatable bonds is 4. The van der Waals surface area contributed by atoms with Crippen LogP contribution in [0.15, 0.2) is 18.2 Å². The van der Waals surface area contributed by atoms with E-state index >= 15 is 0 Å². The molecule has 0 bridgehead atoms. The Morgan fingerprint density at radius 1 is 1.47 bits per heavy atom. The second kappa shape index (κ2) is 5.58. The Kier molecular flexibility index (Phi) is 4.63. The summed E-state index contributed by atoms with van der Waals surface area (Å²) in [6.07, 6.45) is 0.198. The third-order valence-corrected chi connectivity index (χ3v) is 4.60. The van der Waals surface area contributed by atoms with Crippen molar-refractivity contribution in [3.8, 4) is 6.07 Å². The van der Waals surface area contributed by atoms with Gasteiger partial charge < -0.3 is 0 Å². The van der Waals surface area contributed by atoms with Gasteiger partial charge in [-0.1, -0.05) is 36.2 Å². The fourth-order valence-electron chi connectivity index (χ4n) is 1.19. The van der Waals surface area contributed by atoms with Crippen LogP contribution < -0.4 is 4.72 Å². The molecule has 1 aromatic rings. The van der Waals surface area contributed by atoms with Gasteiger partial charge in [0.1, 0.15) is 0 Å². The van der Waals surface area contributed by atoms with E-state index in [2.05, 4.69) is 4.72 Å². The maximum Gasteiger partial charge on any atom is 0.249 e. The standard InChI is InChI=1S/C10H10Cl2N2O2S/c1-2-7(6-13)17(15,16)14-9-5-3-4-8(11)10(9)12/h3-5,7,14H,2H2,1H3. The van der Waals surface area contributed by atoms with Crippen LogP contribution in [-0.2, 0) is 10.0 Å². The van der Waals surface area contributed by atoms with Gasteiger partial charge in [0.25, 0.3) is 0 Å². The molecular formula is C10H10Cl2N2O2S. The van der Waals surface area contributed by atoms with Gasteiger partial charge in [-0.15, -0.1) is 0 Å². The second-order valence-electron chi connectivity index (χ2n) is 3.27. The maximum absolute atomic E-state index is 11.8. The minimum atomic E-state index is -3.77. The molecule has 0 saturated heterocycles. The van der Waals surface area contributed by atoms with Crippen molar-refractivity contribution in [2.45, 2.75) is 18.6 Å². The van der Waals surface area contributed by atoms with E-state index in [0.29, 0.717) is 0 Å². The highest BCUT2D eigenvalue weighted by Crippen LogP contribution is 2.30. The number of anilines is 1. The molecule has 0 heterocycles. The average molecular weight is 293 g/mol. The highest BCUT2D eigenvalue weighted by Gasteiger charge is 2.24. The minimum absolute atomic E-state index is 0.116. The first-order chi connectivity index (χ1) is 7.92. The molecule has 0 aromatic heterocycles. The molecule has 0 radical (unpaired) electrons. The van der Waals surface area contributed by atoms with Gasteiger partial charge >= 0.3 is 0 Å². The molecule has 17 heavy (non-hydrogen) atoms. The lowest BCUT2D eigenvalue weighted by Gasteiger charge is -2.12. The van der Waals surface area contributed by atoms with E-state index in [0.717, 1.165) is 0 Å². The van der Waals surface area contributed by atoms with Gasteiger partial charge in [0.15, 0.2) is 5.25 Å². The first-order valence-electron chi connectivity index (χ1n) is 4.77. The predicted molar refractivity (Wildman–Crippen MR) is 68.7 cm³/mol. The Hall–Kier alpha value is -0.960. The minimum Gasteiger partial charge on any atom is -0.281 e. The molecule has 4 nitrogen and oxygen atoms in total. The van der Waals surface area contributed by atoms with Gasteiger partial charge in [0.2, 0.25) is 10.0 Å². The van der Waals surface area contributed by atoms with Crippen molar-refractivity contribution >= 4 is 38.9 Å². The van der Waals surface area contributed by atoms with Crippen molar-refractivity contribution in [3.05, 3.63) is 28.2 Å². The number of hydrogen-bond acceptors (Lipinski definition) is 3. The number of nitrogens with one attached hydrogen (secondary N) is 1. The molecule has 0 aliphatic carbocycles. The molecule has 0 spiro atoms. The Morgan fingerprint density at radius 3 is 2.65 bits per heavy atom. The van der Waals surface area contributed by atoms with E-state index in [-0.39, 0.29) is 22.2 Å². The molecule has 0 aliphatic rings. The highest BCUT2D eigenvalue weighted by molar-refractivity contribution is 7.93. The summed E-state index contributed by atoms with van der Waals surface area (Å²) in [5.74, 6) is 0. The van der Waals surface area contributed by atoms with Crippen molar-refractivity contribution in [2.75, 3.05) is 4.72 Å². The largest absolute Gasteiger partial charge is 0.281 e. The molecule has 0 aliphatic heterocycles. The molecular weight excluding hydrogens is 283 g/mol. The molecule has 7 heteroatoms. The lowest BCUT2D eigenvalue weighted by Crippen LogP contribution is -2.26. The SMILES string of the molecule is CCC(C#N)S(=O)(=O)Nc1cccc(Cl)c1Cl. The molecule has 92 valence electrons. The van der Waals surface area contributed by atoms with Gasteiger partial charge in [-0.3, -0.25) is 4.72 Å². The normalized spacial score (nSPS) is 12.8. The second-order valence-corrected chi connectivity index (χ2v) is 5.92. The number of hydrogen-bond donors (Lipinski definition) is 1.